The summed E-state index contributed by atoms with van der Waals surface area (Å²) < 4.78 is 22.4. The lowest BCUT2D eigenvalue weighted by Crippen LogP contribution is -2.35. The second-order valence-corrected chi connectivity index (χ2v) is 7.84. The van der Waals surface area contributed by atoms with Crippen molar-refractivity contribution >= 4 is 21.2 Å². The van der Waals surface area contributed by atoms with E-state index in [2.05, 4.69) is 16.8 Å². The number of anilines is 2. The highest BCUT2D eigenvalue weighted by molar-refractivity contribution is 7.90. The molecule has 1 aromatic carbocycles. The summed E-state index contributed by atoms with van der Waals surface area (Å²) in [6, 6.07) is 8.28. The minimum atomic E-state index is -2.88. The van der Waals surface area contributed by atoms with Gasteiger partial charge in [0.05, 0.1) is 5.75 Å². The molecule has 112 valence electrons. The number of nitrogens with zero attached hydrogens (tertiary/aromatic N) is 2. The third-order valence-corrected chi connectivity index (χ3v) is 4.80. The first-order valence-corrected chi connectivity index (χ1v) is 8.90. The van der Waals surface area contributed by atoms with E-state index in [1.807, 2.05) is 24.3 Å². The van der Waals surface area contributed by atoms with Crippen molar-refractivity contribution in [2.45, 2.75) is 12.5 Å². The minimum absolute atomic E-state index is 0.241. The predicted molar refractivity (Wildman–Crippen MR) is 83.8 cm³/mol. The zero-order valence-electron chi connectivity index (χ0n) is 12.1. The van der Waals surface area contributed by atoms with E-state index in [1.54, 1.807) is 0 Å². The molecular formula is C14H23N3O2S. The molecule has 2 N–H and O–H groups in total. The summed E-state index contributed by atoms with van der Waals surface area (Å²) in [4.78, 5) is 4.47. The van der Waals surface area contributed by atoms with Crippen LogP contribution in [0.15, 0.2) is 24.3 Å². The fourth-order valence-electron chi connectivity index (χ4n) is 2.55. The Morgan fingerprint density at radius 1 is 1.35 bits per heavy atom. The van der Waals surface area contributed by atoms with Gasteiger partial charge in [-0.05, 0) is 30.7 Å². The maximum atomic E-state index is 11.2. The first-order valence-electron chi connectivity index (χ1n) is 6.83. The van der Waals surface area contributed by atoms with Gasteiger partial charge in [0, 0.05) is 50.4 Å². The molecule has 1 aliphatic rings. The van der Waals surface area contributed by atoms with Crippen molar-refractivity contribution in [2.24, 2.45) is 0 Å². The maximum absolute atomic E-state index is 11.2. The molecule has 0 saturated carbocycles. The lowest BCUT2D eigenvalue weighted by Gasteiger charge is -2.27. The molecule has 5 nitrogen and oxygen atoms in total. The molecular weight excluding hydrogens is 274 g/mol. The number of sulfone groups is 1. The summed E-state index contributed by atoms with van der Waals surface area (Å²) in [5.41, 5.74) is 7.61. The molecule has 1 unspecified atom stereocenters. The SMILES string of the molecule is CN(c1ccc(N)cc1)C1CCN(CCS(C)(=O)=O)C1. The van der Waals surface area contributed by atoms with Crippen molar-refractivity contribution in [3.05, 3.63) is 24.3 Å². The van der Waals surface area contributed by atoms with E-state index in [-0.39, 0.29) is 5.75 Å². The zero-order chi connectivity index (χ0) is 14.8. The van der Waals surface area contributed by atoms with Gasteiger partial charge in [-0.2, -0.15) is 0 Å². The molecule has 0 aromatic heterocycles. The third kappa shape index (κ3) is 4.11. The Bertz CT molecular complexity index is 542. The normalized spacial score (nSPS) is 20.2. The van der Waals surface area contributed by atoms with Gasteiger partial charge in [0.1, 0.15) is 9.84 Å². The first-order chi connectivity index (χ1) is 9.35. The van der Waals surface area contributed by atoms with E-state index in [9.17, 15) is 8.42 Å². The number of benzene rings is 1. The van der Waals surface area contributed by atoms with E-state index < -0.39 is 9.84 Å². The van der Waals surface area contributed by atoms with E-state index in [1.165, 1.54) is 6.26 Å². The summed E-state index contributed by atoms with van der Waals surface area (Å²) in [5.74, 6) is 0.241. The van der Waals surface area contributed by atoms with Crippen LogP contribution in [0.2, 0.25) is 0 Å². The van der Waals surface area contributed by atoms with Crippen LogP contribution in [0.1, 0.15) is 6.42 Å². The van der Waals surface area contributed by atoms with Gasteiger partial charge in [0.15, 0.2) is 0 Å². The lowest BCUT2D eigenvalue weighted by atomic mass is 10.2. The molecule has 1 aliphatic heterocycles. The van der Waals surface area contributed by atoms with Crippen LogP contribution in [0.5, 0.6) is 0 Å². The Morgan fingerprint density at radius 2 is 2.00 bits per heavy atom. The fourth-order valence-corrected chi connectivity index (χ4v) is 3.14. The smallest absolute Gasteiger partial charge is 0.148 e. The van der Waals surface area contributed by atoms with Crippen LogP contribution < -0.4 is 10.6 Å². The average molecular weight is 297 g/mol. The third-order valence-electron chi connectivity index (χ3n) is 3.87. The van der Waals surface area contributed by atoms with Crippen LogP contribution in [0, 0.1) is 0 Å². The highest BCUT2D eigenvalue weighted by atomic mass is 32.2. The molecule has 1 heterocycles. The molecule has 1 aromatic rings. The Balaban J connectivity index is 1.90. The molecule has 20 heavy (non-hydrogen) atoms. The molecule has 1 atom stereocenters. The molecule has 0 amide bonds. The summed E-state index contributed by atoms with van der Waals surface area (Å²) in [7, 11) is -0.796. The molecule has 0 radical (unpaired) electrons. The lowest BCUT2D eigenvalue weighted by molar-refractivity contribution is 0.353. The average Bonchev–Trinajstić information content (AvgIpc) is 2.84. The summed E-state index contributed by atoms with van der Waals surface area (Å²) >= 11 is 0. The Labute approximate surface area is 121 Å². The zero-order valence-corrected chi connectivity index (χ0v) is 12.9. The topological polar surface area (TPSA) is 66.6 Å². The van der Waals surface area contributed by atoms with Crippen LogP contribution in [0.3, 0.4) is 0 Å². The Morgan fingerprint density at radius 3 is 2.60 bits per heavy atom. The second-order valence-electron chi connectivity index (χ2n) is 5.58. The number of hydrogen-bond acceptors (Lipinski definition) is 5. The Kier molecular flexibility index (Phi) is 4.55. The highest BCUT2D eigenvalue weighted by Gasteiger charge is 2.26. The standard InChI is InChI=1S/C14H23N3O2S/c1-16(13-5-3-12(15)4-6-13)14-7-8-17(11-14)9-10-20(2,18)19/h3-6,14H,7-11,15H2,1-2H3. The molecule has 0 bridgehead atoms. The van der Waals surface area contributed by atoms with E-state index in [0.717, 1.165) is 30.9 Å². The second kappa shape index (κ2) is 6.01. The highest BCUT2D eigenvalue weighted by Crippen LogP contribution is 2.22. The van der Waals surface area contributed by atoms with Crippen molar-refractivity contribution in [3.8, 4) is 0 Å². The van der Waals surface area contributed by atoms with Gasteiger partial charge in [-0.25, -0.2) is 8.42 Å². The van der Waals surface area contributed by atoms with E-state index >= 15 is 0 Å². The number of likely N-dealkylation sites (N-methyl/N-ethyl adjacent to an activating group) is 1. The van der Waals surface area contributed by atoms with Gasteiger partial charge in [-0.3, -0.25) is 0 Å². The van der Waals surface area contributed by atoms with Gasteiger partial charge in [-0.15, -0.1) is 0 Å². The van der Waals surface area contributed by atoms with Gasteiger partial charge in [0.2, 0.25) is 0 Å². The summed E-state index contributed by atoms with van der Waals surface area (Å²) in [5, 5.41) is 0. The van der Waals surface area contributed by atoms with Crippen LogP contribution in [-0.4, -0.2) is 58.1 Å². The van der Waals surface area contributed by atoms with Crippen molar-refractivity contribution in [1.29, 1.82) is 0 Å². The van der Waals surface area contributed by atoms with Crippen LogP contribution >= 0.6 is 0 Å². The number of hydrogen-bond donors (Lipinski definition) is 1. The number of likely N-dealkylation sites (tertiary alicyclic amines) is 1. The minimum Gasteiger partial charge on any atom is -0.399 e. The number of nitrogens with two attached hydrogens (primary N) is 1. The van der Waals surface area contributed by atoms with Gasteiger partial charge in [-0.1, -0.05) is 0 Å². The van der Waals surface area contributed by atoms with Crippen LogP contribution in [-0.2, 0) is 9.84 Å². The monoisotopic (exact) mass is 297 g/mol. The molecule has 0 aliphatic carbocycles. The van der Waals surface area contributed by atoms with E-state index in [4.69, 9.17) is 5.73 Å². The Hall–Kier alpha value is -1.27. The quantitative estimate of drug-likeness (QED) is 0.815. The van der Waals surface area contributed by atoms with Gasteiger partial charge in [0.25, 0.3) is 0 Å². The molecule has 1 fully saturated rings. The first kappa shape index (κ1) is 15.1. The number of rotatable bonds is 5. The summed E-state index contributed by atoms with van der Waals surface area (Å²) in [6.45, 7) is 2.50. The summed E-state index contributed by atoms with van der Waals surface area (Å²) in [6.07, 6.45) is 2.35. The van der Waals surface area contributed by atoms with Crippen molar-refractivity contribution in [1.82, 2.24) is 4.90 Å². The largest absolute Gasteiger partial charge is 0.399 e. The van der Waals surface area contributed by atoms with Crippen LogP contribution in [0.4, 0.5) is 11.4 Å². The molecule has 0 spiro atoms. The van der Waals surface area contributed by atoms with E-state index in [0.29, 0.717) is 12.6 Å². The molecule has 6 heteroatoms. The fraction of sp³-hybridized carbons (Fsp3) is 0.571. The van der Waals surface area contributed by atoms with Crippen LogP contribution in [0.25, 0.3) is 0 Å². The number of nitrogen functional groups attached to an aromatic ring is 1. The van der Waals surface area contributed by atoms with Crippen molar-refractivity contribution in [2.75, 3.05) is 49.3 Å². The van der Waals surface area contributed by atoms with Crippen molar-refractivity contribution < 1.29 is 8.42 Å². The van der Waals surface area contributed by atoms with Crippen molar-refractivity contribution in [3.63, 3.8) is 0 Å². The predicted octanol–water partition coefficient (Wildman–Crippen LogP) is 0.824. The van der Waals surface area contributed by atoms with Gasteiger partial charge >= 0.3 is 0 Å². The molecule has 2 rings (SSSR count). The maximum Gasteiger partial charge on any atom is 0.148 e. The molecule has 1 saturated heterocycles. The van der Waals surface area contributed by atoms with Gasteiger partial charge < -0.3 is 15.5 Å².